The summed E-state index contributed by atoms with van der Waals surface area (Å²) in [7, 11) is 0.774. The molecule has 0 aromatic carbocycles. The van der Waals surface area contributed by atoms with Gasteiger partial charge in [-0.2, -0.15) is 0 Å². The number of hydrogen-bond donors (Lipinski definition) is 0. The largest absolute Gasteiger partial charge is 0.594 e. The summed E-state index contributed by atoms with van der Waals surface area (Å²) in [6, 6.07) is 0. The Morgan fingerprint density at radius 2 is 2.30 bits per heavy atom. The average Bonchev–Trinajstić information content (AvgIpc) is 1.88. The van der Waals surface area contributed by atoms with E-state index in [1.165, 1.54) is 0 Å². The van der Waals surface area contributed by atoms with Gasteiger partial charge in [0.15, 0.2) is 0 Å². The van der Waals surface area contributed by atoms with Crippen LogP contribution in [0.2, 0.25) is 6.82 Å². The van der Waals surface area contributed by atoms with Crippen LogP contribution in [0.4, 0.5) is 0 Å². The topological polar surface area (TPSA) is 26.3 Å². The van der Waals surface area contributed by atoms with E-state index in [0.29, 0.717) is 5.75 Å². The third-order valence-electron chi connectivity index (χ3n) is 1.21. The Morgan fingerprint density at radius 3 is 2.40 bits per heavy atom. The minimum absolute atomic E-state index is 0.667. The monoisotopic (exact) mass is 159 g/mol. The lowest BCUT2D eigenvalue weighted by Gasteiger charge is -2.23. The smallest absolute Gasteiger partial charge is 0.297 e. The molecule has 4 heteroatoms. The number of rotatable bonds is 4. The van der Waals surface area contributed by atoms with Gasteiger partial charge in [0, 0.05) is 5.70 Å². The first-order valence-electron chi connectivity index (χ1n) is 3.45. The van der Waals surface area contributed by atoms with Crippen LogP contribution in [0.1, 0.15) is 13.8 Å². The van der Waals surface area contributed by atoms with E-state index in [0.717, 1.165) is 13.1 Å². The zero-order valence-corrected chi connectivity index (χ0v) is 7.70. The lowest BCUT2D eigenvalue weighted by molar-refractivity contribution is 0.561. The molecule has 0 amide bonds. The van der Waals surface area contributed by atoms with Crippen molar-refractivity contribution in [2.75, 3.05) is 5.75 Å². The van der Waals surface area contributed by atoms with Crippen molar-refractivity contribution >= 4 is 18.8 Å². The van der Waals surface area contributed by atoms with Crippen LogP contribution in [-0.2, 0) is 11.4 Å². The van der Waals surface area contributed by atoms with E-state index in [1.54, 1.807) is 4.22 Å². The molecule has 1 atom stereocenters. The van der Waals surface area contributed by atoms with Gasteiger partial charge in [-0.3, -0.25) is 4.22 Å². The Bertz CT molecular complexity index is 120. The molecule has 10 heavy (non-hydrogen) atoms. The maximum Gasteiger partial charge on any atom is 0.297 e. The standard InChI is InChI=1S/C6H14BNOS/c1-5-10(9)8(7-4)6(2)3/h7H,2,5H2,1,3-4H3. The lowest BCUT2D eigenvalue weighted by atomic mass is 10.00. The van der Waals surface area contributed by atoms with Crippen molar-refractivity contribution in [3.8, 4) is 0 Å². The van der Waals surface area contributed by atoms with Gasteiger partial charge < -0.3 is 4.55 Å². The maximum absolute atomic E-state index is 11.2. The van der Waals surface area contributed by atoms with E-state index in [1.807, 2.05) is 20.7 Å². The van der Waals surface area contributed by atoms with Crippen LogP contribution in [0, 0.1) is 0 Å². The molecule has 1 unspecified atom stereocenters. The van der Waals surface area contributed by atoms with E-state index >= 15 is 0 Å². The fourth-order valence-corrected chi connectivity index (χ4v) is 1.69. The molecule has 58 valence electrons. The molecule has 0 heterocycles. The predicted octanol–water partition coefficient (Wildman–Crippen LogP) is 0.905. The lowest BCUT2D eigenvalue weighted by Crippen LogP contribution is -2.32. The van der Waals surface area contributed by atoms with Crippen molar-refractivity contribution in [1.82, 2.24) is 4.22 Å². The van der Waals surface area contributed by atoms with E-state index in [2.05, 4.69) is 6.58 Å². The molecule has 0 aromatic heterocycles. The normalized spacial score (nSPS) is 12.4. The van der Waals surface area contributed by atoms with Crippen LogP contribution in [0.5, 0.6) is 0 Å². The van der Waals surface area contributed by atoms with Crippen LogP contribution < -0.4 is 0 Å². The number of hydrogen-bond acceptors (Lipinski definition) is 2. The quantitative estimate of drug-likeness (QED) is 0.450. The van der Waals surface area contributed by atoms with Crippen LogP contribution in [-0.4, -0.2) is 21.9 Å². The second-order valence-electron chi connectivity index (χ2n) is 2.04. The molecule has 0 saturated heterocycles. The molecule has 0 bridgehead atoms. The van der Waals surface area contributed by atoms with Crippen LogP contribution >= 0.6 is 0 Å². The van der Waals surface area contributed by atoms with Crippen molar-refractivity contribution < 1.29 is 4.55 Å². The molecule has 0 radical (unpaired) electrons. The van der Waals surface area contributed by atoms with Gasteiger partial charge in [-0.05, 0) is 13.8 Å². The summed E-state index contributed by atoms with van der Waals surface area (Å²) in [5.74, 6) is 0.667. The highest BCUT2D eigenvalue weighted by atomic mass is 32.2. The highest BCUT2D eigenvalue weighted by molar-refractivity contribution is 7.90. The minimum Gasteiger partial charge on any atom is -0.594 e. The molecule has 0 N–H and O–H groups in total. The van der Waals surface area contributed by atoms with E-state index < -0.39 is 11.4 Å². The molecule has 0 fully saturated rings. The van der Waals surface area contributed by atoms with Gasteiger partial charge in [0.25, 0.3) is 7.41 Å². The SMILES string of the molecule is C=C(C)N(BC)[S+]([O-])CC. The molecule has 0 aliphatic heterocycles. The van der Waals surface area contributed by atoms with Gasteiger partial charge in [-0.1, -0.05) is 13.4 Å². The van der Waals surface area contributed by atoms with Gasteiger partial charge in [-0.25, -0.2) is 0 Å². The summed E-state index contributed by atoms with van der Waals surface area (Å²) in [6.45, 7) is 9.48. The summed E-state index contributed by atoms with van der Waals surface area (Å²) in [6.07, 6.45) is 0. The Hall–Kier alpha value is -0.0851. The van der Waals surface area contributed by atoms with Gasteiger partial charge in [0.05, 0.1) is 11.4 Å². The second kappa shape index (κ2) is 4.69. The summed E-state index contributed by atoms with van der Waals surface area (Å²) < 4.78 is 13.0. The summed E-state index contributed by atoms with van der Waals surface area (Å²) in [5.41, 5.74) is 0.877. The van der Waals surface area contributed by atoms with Gasteiger partial charge in [0.2, 0.25) is 0 Å². The van der Waals surface area contributed by atoms with Crippen molar-refractivity contribution in [2.24, 2.45) is 0 Å². The fourth-order valence-electron chi connectivity index (χ4n) is 0.744. The Balaban J connectivity index is 3.92. The maximum atomic E-state index is 11.2. The number of nitrogens with zero attached hydrogens (tertiary/aromatic N) is 1. The molecule has 0 saturated carbocycles. The first kappa shape index (κ1) is 9.91. The molecule has 0 aromatic rings. The van der Waals surface area contributed by atoms with Crippen molar-refractivity contribution in [1.29, 1.82) is 0 Å². The zero-order valence-electron chi connectivity index (χ0n) is 6.89. The first-order valence-corrected chi connectivity index (χ1v) is 4.72. The minimum atomic E-state index is -0.861. The van der Waals surface area contributed by atoms with Crippen molar-refractivity contribution in [2.45, 2.75) is 20.7 Å². The van der Waals surface area contributed by atoms with E-state index in [9.17, 15) is 4.55 Å². The van der Waals surface area contributed by atoms with E-state index in [4.69, 9.17) is 0 Å². The third-order valence-corrected chi connectivity index (χ3v) is 2.76. The summed E-state index contributed by atoms with van der Waals surface area (Å²) in [5, 5.41) is 0. The Labute approximate surface area is 66.9 Å². The first-order chi connectivity index (χ1) is 4.63. The average molecular weight is 159 g/mol. The molecular formula is C6H14BNOS. The zero-order chi connectivity index (χ0) is 8.15. The molecule has 0 aliphatic carbocycles. The van der Waals surface area contributed by atoms with Crippen molar-refractivity contribution in [3.05, 3.63) is 12.3 Å². The highest BCUT2D eigenvalue weighted by Gasteiger charge is 2.13. The summed E-state index contributed by atoms with van der Waals surface area (Å²) >= 11 is -0.861. The van der Waals surface area contributed by atoms with Crippen LogP contribution in [0.25, 0.3) is 0 Å². The highest BCUT2D eigenvalue weighted by Crippen LogP contribution is 2.06. The predicted molar refractivity (Wildman–Crippen MR) is 48.3 cm³/mol. The molecule has 2 nitrogen and oxygen atoms in total. The fraction of sp³-hybridized carbons (Fsp3) is 0.667. The number of allylic oxidation sites excluding steroid dienone is 1. The molecular weight excluding hydrogens is 145 g/mol. The molecule has 0 aliphatic rings. The second-order valence-corrected chi connectivity index (χ2v) is 3.70. The third kappa shape index (κ3) is 2.67. The van der Waals surface area contributed by atoms with Crippen molar-refractivity contribution in [3.63, 3.8) is 0 Å². The van der Waals surface area contributed by atoms with Crippen LogP contribution in [0.3, 0.4) is 0 Å². The Kier molecular flexibility index (Phi) is 4.65. The van der Waals surface area contributed by atoms with Gasteiger partial charge in [0.1, 0.15) is 5.75 Å². The summed E-state index contributed by atoms with van der Waals surface area (Å²) in [4.78, 5) is 0. The molecule has 0 rings (SSSR count). The molecule has 0 spiro atoms. The Morgan fingerprint density at radius 1 is 1.80 bits per heavy atom. The van der Waals surface area contributed by atoms with Gasteiger partial charge >= 0.3 is 0 Å². The van der Waals surface area contributed by atoms with E-state index in [-0.39, 0.29) is 0 Å². The van der Waals surface area contributed by atoms with Crippen LogP contribution in [0.15, 0.2) is 12.3 Å². The van der Waals surface area contributed by atoms with Gasteiger partial charge in [-0.15, -0.1) is 0 Å².